The van der Waals surface area contributed by atoms with E-state index in [0.717, 1.165) is 9.87 Å². The van der Waals surface area contributed by atoms with Crippen LogP contribution in [0.2, 0.25) is 5.02 Å². The number of halogens is 1. The number of nitrogens with one attached hydrogen (secondary N) is 1. The number of hydrogen-bond acceptors (Lipinski definition) is 6. The molecule has 0 fully saturated rings. The topological polar surface area (TPSA) is 105 Å². The zero-order valence-corrected chi connectivity index (χ0v) is 26.2. The van der Waals surface area contributed by atoms with Gasteiger partial charge < -0.3 is 19.7 Å². The summed E-state index contributed by atoms with van der Waals surface area (Å²) >= 11 is 6.11. The molecule has 0 heterocycles. The van der Waals surface area contributed by atoms with Gasteiger partial charge in [-0.25, -0.2) is 8.42 Å². The van der Waals surface area contributed by atoms with Crippen molar-refractivity contribution in [3.05, 3.63) is 119 Å². The SMILES string of the molecule is CNC(=O)[C@H](Cc1ccccc1)N(Cc1ccc(Cl)cc1)C(=O)CN(c1ccc(OC)c(OC)c1)S(=O)(=O)c1ccccc1. The highest BCUT2D eigenvalue weighted by molar-refractivity contribution is 7.92. The van der Waals surface area contributed by atoms with Gasteiger partial charge in [0.25, 0.3) is 10.0 Å². The predicted octanol–water partition coefficient (Wildman–Crippen LogP) is 4.94. The van der Waals surface area contributed by atoms with Gasteiger partial charge in [-0.05, 0) is 47.5 Å². The minimum atomic E-state index is -4.24. The minimum Gasteiger partial charge on any atom is -0.493 e. The number of nitrogens with zero attached hydrogens (tertiary/aromatic N) is 2. The van der Waals surface area contributed by atoms with E-state index in [4.69, 9.17) is 21.1 Å². The van der Waals surface area contributed by atoms with Gasteiger partial charge in [-0.1, -0.05) is 72.3 Å². The molecule has 2 amide bonds. The first kappa shape index (κ1) is 32.4. The molecular formula is C33H34ClN3O6S. The molecule has 1 atom stereocenters. The van der Waals surface area contributed by atoms with Crippen LogP contribution in [-0.4, -0.2) is 59.0 Å². The van der Waals surface area contributed by atoms with Gasteiger partial charge in [0.15, 0.2) is 11.5 Å². The van der Waals surface area contributed by atoms with Crippen LogP contribution in [0.5, 0.6) is 11.5 Å². The average Bonchev–Trinajstić information content (AvgIpc) is 3.06. The van der Waals surface area contributed by atoms with Gasteiger partial charge >= 0.3 is 0 Å². The lowest BCUT2D eigenvalue weighted by Crippen LogP contribution is -2.53. The summed E-state index contributed by atoms with van der Waals surface area (Å²) in [6, 6.07) is 27.7. The first-order chi connectivity index (χ1) is 21.2. The van der Waals surface area contributed by atoms with Crippen LogP contribution in [0, 0.1) is 0 Å². The van der Waals surface area contributed by atoms with Crippen LogP contribution in [-0.2, 0) is 32.6 Å². The van der Waals surface area contributed by atoms with Crippen LogP contribution in [0.25, 0.3) is 0 Å². The zero-order chi connectivity index (χ0) is 31.7. The second kappa shape index (κ2) is 14.8. The third-order valence-corrected chi connectivity index (χ3v) is 9.09. The Balaban J connectivity index is 1.81. The Hall–Kier alpha value is -4.54. The van der Waals surface area contributed by atoms with Crippen LogP contribution >= 0.6 is 11.6 Å². The molecule has 4 rings (SSSR count). The van der Waals surface area contributed by atoms with Crippen molar-refractivity contribution in [2.24, 2.45) is 0 Å². The Labute approximate surface area is 263 Å². The summed E-state index contributed by atoms with van der Waals surface area (Å²) in [4.78, 5) is 29.1. The van der Waals surface area contributed by atoms with E-state index in [2.05, 4.69) is 5.32 Å². The molecule has 0 aromatic heterocycles. The van der Waals surface area contributed by atoms with E-state index in [1.54, 1.807) is 54.6 Å². The van der Waals surface area contributed by atoms with Crippen molar-refractivity contribution in [2.75, 3.05) is 32.1 Å². The second-order valence-electron chi connectivity index (χ2n) is 9.83. The third kappa shape index (κ3) is 7.69. The Morgan fingerprint density at radius 3 is 2.02 bits per heavy atom. The van der Waals surface area contributed by atoms with Crippen LogP contribution in [0.4, 0.5) is 5.69 Å². The molecule has 0 radical (unpaired) electrons. The molecule has 230 valence electrons. The maximum Gasteiger partial charge on any atom is 0.264 e. The summed E-state index contributed by atoms with van der Waals surface area (Å²) in [5, 5.41) is 3.19. The van der Waals surface area contributed by atoms with Gasteiger partial charge in [-0.2, -0.15) is 0 Å². The maximum absolute atomic E-state index is 14.4. The molecule has 0 unspecified atom stereocenters. The summed E-state index contributed by atoms with van der Waals surface area (Å²) in [6.07, 6.45) is 0.210. The number of hydrogen-bond donors (Lipinski definition) is 1. The molecule has 0 aliphatic rings. The highest BCUT2D eigenvalue weighted by atomic mass is 35.5. The number of amides is 2. The molecule has 4 aromatic rings. The fourth-order valence-electron chi connectivity index (χ4n) is 4.74. The van der Waals surface area contributed by atoms with Crippen molar-refractivity contribution >= 4 is 39.1 Å². The summed E-state index contributed by atoms with van der Waals surface area (Å²) in [5.41, 5.74) is 1.74. The standard InChI is InChI=1S/C33H34ClN3O6S/c1-35-33(39)29(20-24-10-6-4-7-11-24)36(22-25-14-16-26(34)17-15-25)32(38)23-37(44(40,41)28-12-8-5-9-13-28)27-18-19-30(42-2)31(21-27)43-3/h4-19,21,29H,20,22-23H2,1-3H3,(H,35,39)/t29-/m0/s1. The first-order valence-corrected chi connectivity index (χ1v) is 15.6. The minimum absolute atomic E-state index is 0.000951. The molecule has 9 nitrogen and oxygen atoms in total. The summed E-state index contributed by atoms with van der Waals surface area (Å²) in [6.45, 7) is -0.561. The molecule has 0 saturated carbocycles. The molecule has 0 aliphatic heterocycles. The number of ether oxygens (including phenoxy) is 2. The highest BCUT2D eigenvalue weighted by Crippen LogP contribution is 2.34. The molecule has 4 aromatic carbocycles. The lowest BCUT2D eigenvalue weighted by Gasteiger charge is -2.33. The number of sulfonamides is 1. The Morgan fingerprint density at radius 2 is 1.43 bits per heavy atom. The van der Waals surface area contributed by atoms with Crippen molar-refractivity contribution in [1.82, 2.24) is 10.2 Å². The molecule has 0 spiro atoms. The number of benzene rings is 4. The van der Waals surface area contributed by atoms with Crippen molar-refractivity contribution in [3.63, 3.8) is 0 Å². The first-order valence-electron chi connectivity index (χ1n) is 13.8. The molecule has 44 heavy (non-hydrogen) atoms. The number of likely N-dealkylation sites (N-methyl/N-ethyl adjacent to an activating group) is 1. The molecule has 11 heteroatoms. The van der Waals surface area contributed by atoms with Gasteiger partial charge in [0.1, 0.15) is 12.6 Å². The van der Waals surface area contributed by atoms with E-state index in [-0.39, 0.29) is 35.2 Å². The van der Waals surface area contributed by atoms with Crippen molar-refractivity contribution in [1.29, 1.82) is 0 Å². The van der Waals surface area contributed by atoms with Gasteiger partial charge in [0, 0.05) is 31.1 Å². The Kier molecular flexibility index (Phi) is 10.9. The lowest BCUT2D eigenvalue weighted by molar-refractivity contribution is -0.139. The zero-order valence-electron chi connectivity index (χ0n) is 24.6. The molecular weight excluding hydrogens is 602 g/mol. The number of carbonyl (C=O) groups excluding carboxylic acids is 2. The molecule has 0 bridgehead atoms. The molecule has 0 saturated heterocycles. The number of rotatable bonds is 13. The summed E-state index contributed by atoms with van der Waals surface area (Å²) in [7, 11) is 0.167. The summed E-state index contributed by atoms with van der Waals surface area (Å²) < 4.78 is 40.0. The van der Waals surface area contributed by atoms with Gasteiger partial charge in [0.2, 0.25) is 11.8 Å². The van der Waals surface area contributed by atoms with Crippen LogP contribution in [0.15, 0.2) is 108 Å². The van der Waals surface area contributed by atoms with Crippen LogP contribution in [0.3, 0.4) is 0 Å². The number of anilines is 1. The third-order valence-electron chi connectivity index (χ3n) is 7.05. The van der Waals surface area contributed by atoms with E-state index in [0.29, 0.717) is 16.3 Å². The van der Waals surface area contributed by atoms with E-state index in [9.17, 15) is 18.0 Å². The predicted molar refractivity (Wildman–Crippen MR) is 171 cm³/mol. The van der Waals surface area contributed by atoms with E-state index in [1.807, 2.05) is 30.3 Å². The van der Waals surface area contributed by atoms with Crippen LogP contribution in [0.1, 0.15) is 11.1 Å². The van der Waals surface area contributed by atoms with Gasteiger partial charge in [-0.3, -0.25) is 13.9 Å². The largest absolute Gasteiger partial charge is 0.493 e. The smallest absolute Gasteiger partial charge is 0.264 e. The lowest BCUT2D eigenvalue weighted by atomic mass is 10.0. The van der Waals surface area contributed by atoms with E-state index in [1.165, 1.54) is 44.4 Å². The average molecular weight is 636 g/mol. The van der Waals surface area contributed by atoms with Crippen molar-refractivity contribution in [3.8, 4) is 11.5 Å². The van der Waals surface area contributed by atoms with Crippen molar-refractivity contribution in [2.45, 2.75) is 23.9 Å². The molecule has 1 N–H and O–H groups in total. The maximum atomic E-state index is 14.4. The normalized spacial score (nSPS) is 11.7. The fraction of sp³-hybridized carbons (Fsp3) is 0.212. The van der Waals surface area contributed by atoms with Crippen molar-refractivity contribution < 1.29 is 27.5 Å². The highest BCUT2D eigenvalue weighted by Gasteiger charge is 2.34. The fourth-order valence-corrected chi connectivity index (χ4v) is 6.29. The van der Waals surface area contributed by atoms with E-state index >= 15 is 0 Å². The molecule has 0 aliphatic carbocycles. The monoisotopic (exact) mass is 635 g/mol. The Morgan fingerprint density at radius 1 is 0.818 bits per heavy atom. The summed E-state index contributed by atoms with van der Waals surface area (Å²) in [5.74, 6) is -0.291. The number of methoxy groups -OCH3 is 2. The quantitative estimate of drug-likeness (QED) is 0.223. The Bertz CT molecular complexity index is 1670. The van der Waals surface area contributed by atoms with Gasteiger partial charge in [0.05, 0.1) is 24.8 Å². The second-order valence-corrected chi connectivity index (χ2v) is 12.1. The van der Waals surface area contributed by atoms with Gasteiger partial charge in [-0.15, -0.1) is 0 Å². The van der Waals surface area contributed by atoms with Crippen LogP contribution < -0.4 is 19.1 Å². The van der Waals surface area contributed by atoms with E-state index < -0.39 is 28.5 Å². The number of carbonyl (C=O) groups is 2.